The lowest BCUT2D eigenvalue weighted by Gasteiger charge is -2.32. The SMILES string of the molecule is CCC1CCCC1N(CC(=O)O)CC(C)C. The summed E-state index contributed by atoms with van der Waals surface area (Å²) in [6, 6.07) is 0.503. The highest BCUT2D eigenvalue weighted by Gasteiger charge is 2.31. The first kappa shape index (κ1) is 13.5. The molecule has 0 aromatic carbocycles. The van der Waals surface area contributed by atoms with Crippen LogP contribution in [0.5, 0.6) is 0 Å². The van der Waals surface area contributed by atoms with Gasteiger partial charge < -0.3 is 5.11 Å². The van der Waals surface area contributed by atoms with E-state index in [9.17, 15) is 4.79 Å². The molecule has 2 atom stereocenters. The third-order valence-electron chi connectivity index (χ3n) is 3.55. The Kier molecular flexibility index (Phi) is 5.26. The normalized spacial score (nSPS) is 25.6. The van der Waals surface area contributed by atoms with E-state index in [4.69, 9.17) is 5.11 Å². The van der Waals surface area contributed by atoms with Gasteiger partial charge in [0, 0.05) is 12.6 Å². The topological polar surface area (TPSA) is 40.5 Å². The predicted molar refractivity (Wildman–Crippen MR) is 65.5 cm³/mol. The van der Waals surface area contributed by atoms with Gasteiger partial charge in [-0.05, 0) is 24.7 Å². The van der Waals surface area contributed by atoms with E-state index >= 15 is 0 Å². The van der Waals surface area contributed by atoms with Crippen LogP contribution >= 0.6 is 0 Å². The van der Waals surface area contributed by atoms with Crippen molar-refractivity contribution in [3.05, 3.63) is 0 Å². The molecule has 0 amide bonds. The van der Waals surface area contributed by atoms with Gasteiger partial charge in [-0.3, -0.25) is 9.69 Å². The van der Waals surface area contributed by atoms with Crippen molar-refractivity contribution in [2.75, 3.05) is 13.1 Å². The summed E-state index contributed by atoms with van der Waals surface area (Å²) in [5.74, 6) is 0.554. The van der Waals surface area contributed by atoms with Gasteiger partial charge in [-0.25, -0.2) is 0 Å². The molecule has 3 nitrogen and oxygen atoms in total. The van der Waals surface area contributed by atoms with Crippen molar-refractivity contribution >= 4 is 5.97 Å². The van der Waals surface area contributed by atoms with Gasteiger partial charge in [0.1, 0.15) is 0 Å². The quantitative estimate of drug-likeness (QED) is 0.758. The van der Waals surface area contributed by atoms with Crippen molar-refractivity contribution in [1.82, 2.24) is 4.90 Å². The van der Waals surface area contributed by atoms with Crippen LogP contribution in [0.4, 0.5) is 0 Å². The summed E-state index contributed by atoms with van der Waals surface area (Å²) in [5, 5.41) is 8.97. The van der Waals surface area contributed by atoms with Crippen LogP contribution < -0.4 is 0 Å². The van der Waals surface area contributed by atoms with Crippen molar-refractivity contribution in [3.8, 4) is 0 Å². The summed E-state index contributed by atoms with van der Waals surface area (Å²) in [4.78, 5) is 13.1. The molecular formula is C13H25NO2. The van der Waals surface area contributed by atoms with Gasteiger partial charge >= 0.3 is 5.97 Å². The zero-order chi connectivity index (χ0) is 12.1. The smallest absolute Gasteiger partial charge is 0.317 e. The molecule has 0 aliphatic heterocycles. The highest BCUT2D eigenvalue weighted by Crippen LogP contribution is 2.32. The van der Waals surface area contributed by atoms with E-state index in [1.165, 1.54) is 25.7 Å². The second-order valence-electron chi connectivity index (χ2n) is 5.38. The number of hydrogen-bond donors (Lipinski definition) is 1. The van der Waals surface area contributed by atoms with Crippen LogP contribution in [0.3, 0.4) is 0 Å². The lowest BCUT2D eigenvalue weighted by Crippen LogP contribution is -2.43. The maximum Gasteiger partial charge on any atom is 0.317 e. The van der Waals surface area contributed by atoms with E-state index in [2.05, 4.69) is 25.7 Å². The summed E-state index contributed by atoms with van der Waals surface area (Å²) in [7, 11) is 0. The first-order valence-electron chi connectivity index (χ1n) is 6.50. The van der Waals surface area contributed by atoms with E-state index in [1.54, 1.807) is 0 Å². The Balaban J connectivity index is 2.62. The molecule has 94 valence electrons. The predicted octanol–water partition coefficient (Wildman–Crippen LogP) is 2.61. The van der Waals surface area contributed by atoms with Crippen molar-refractivity contribution < 1.29 is 9.90 Å². The molecule has 0 spiro atoms. The molecule has 1 aliphatic carbocycles. The van der Waals surface area contributed by atoms with Gasteiger partial charge in [-0.2, -0.15) is 0 Å². The molecule has 2 unspecified atom stereocenters. The van der Waals surface area contributed by atoms with Crippen LogP contribution in [0.15, 0.2) is 0 Å². The average molecular weight is 227 g/mol. The summed E-state index contributed by atoms with van der Waals surface area (Å²) >= 11 is 0. The molecule has 0 bridgehead atoms. The zero-order valence-electron chi connectivity index (χ0n) is 10.8. The molecule has 1 saturated carbocycles. The van der Waals surface area contributed by atoms with E-state index in [-0.39, 0.29) is 6.54 Å². The Morgan fingerprint density at radius 2 is 2.12 bits per heavy atom. The average Bonchev–Trinajstić information content (AvgIpc) is 2.62. The minimum Gasteiger partial charge on any atom is -0.480 e. The minimum absolute atomic E-state index is 0.208. The fourth-order valence-corrected chi connectivity index (χ4v) is 2.93. The molecule has 1 N–H and O–H groups in total. The molecule has 0 aromatic rings. The van der Waals surface area contributed by atoms with Gasteiger partial charge in [-0.1, -0.05) is 33.6 Å². The van der Waals surface area contributed by atoms with E-state index in [0.717, 1.165) is 6.54 Å². The third kappa shape index (κ3) is 3.78. The maximum atomic E-state index is 10.9. The largest absolute Gasteiger partial charge is 0.480 e. The van der Waals surface area contributed by atoms with Crippen LogP contribution in [0.1, 0.15) is 46.5 Å². The van der Waals surface area contributed by atoms with Gasteiger partial charge in [0.2, 0.25) is 0 Å². The van der Waals surface area contributed by atoms with E-state index < -0.39 is 5.97 Å². The van der Waals surface area contributed by atoms with Gasteiger partial charge in [0.25, 0.3) is 0 Å². The van der Waals surface area contributed by atoms with Gasteiger partial charge in [0.05, 0.1) is 6.54 Å². The summed E-state index contributed by atoms with van der Waals surface area (Å²) in [5.41, 5.74) is 0. The molecule has 1 fully saturated rings. The molecular weight excluding hydrogens is 202 g/mol. The highest BCUT2D eigenvalue weighted by atomic mass is 16.4. The van der Waals surface area contributed by atoms with Crippen molar-refractivity contribution in [2.24, 2.45) is 11.8 Å². The zero-order valence-corrected chi connectivity index (χ0v) is 10.8. The van der Waals surface area contributed by atoms with Gasteiger partial charge in [0.15, 0.2) is 0 Å². The highest BCUT2D eigenvalue weighted by molar-refractivity contribution is 5.69. The number of nitrogens with zero attached hydrogens (tertiary/aromatic N) is 1. The first-order chi connectivity index (χ1) is 7.54. The van der Waals surface area contributed by atoms with E-state index in [0.29, 0.717) is 17.9 Å². The number of carbonyl (C=O) groups is 1. The summed E-state index contributed by atoms with van der Waals surface area (Å²) < 4.78 is 0. The monoisotopic (exact) mass is 227 g/mol. The van der Waals surface area contributed by atoms with Crippen LogP contribution in [0, 0.1) is 11.8 Å². The third-order valence-corrected chi connectivity index (χ3v) is 3.55. The Bertz CT molecular complexity index is 228. The number of hydrogen-bond acceptors (Lipinski definition) is 2. The van der Waals surface area contributed by atoms with Crippen LogP contribution in [-0.2, 0) is 4.79 Å². The Morgan fingerprint density at radius 3 is 2.62 bits per heavy atom. The van der Waals surface area contributed by atoms with Gasteiger partial charge in [-0.15, -0.1) is 0 Å². The molecule has 1 rings (SSSR count). The number of aliphatic carboxylic acids is 1. The fraction of sp³-hybridized carbons (Fsp3) is 0.923. The molecule has 0 saturated heterocycles. The Hall–Kier alpha value is -0.570. The lowest BCUT2D eigenvalue weighted by atomic mass is 9.98. The number of carboxylic acids is 1. The lowest BCUT2D eigenvalue weighted by molar-refractivity contribution is -0.139. The Labute approximate surface area is 98.8 Å². The molecule has 0 aromatic heterocycles. The molecule has 16 heavy (non-hydrogen) atoms. The van der Waals surface area contributed by atoms with Crippen molar-refractivity contribution in [3.63, 3.8) is 0 Å². The maximum absolute atomic E-state index is 10.9. The standard InChI is InChI=1S/C13H25NO2/c1-4-11-6-5-7-12(11)14(8-10(2)3)9-13(15)16/h10-12H,4-9H2,1-3H3,(H,15,16). The van der Waals surface area contributed by atoms with Crippen molar-refractivity contribution in [2.45, 2.75) is 52.5 Å². The molecule has 0 radical (unpaired) electrons. The minimum atomic E-state index is -0.692. The van der Waals surface area contributed by atoms with Crippen LogP contribution in [0.25, 0.3) is 0 Å². The summed E-state index contributed by atoms with van der Waals surface area (Å²) in [6.07, 6.45) is 4.89. The number of rotatable bonds is 6. The van der Waals surface area contributed by atoms with Crippen LogP contribution in [-0.4, -0.2) is 35.1 Å². The first-order valence-corrected chi connectivity index (χ1v) is 6.50. The second kappa shape index (κ2) is 6.24. The van der Waals surface area contributed by atoms with Crippen molar-refractivity contribution in [1.29, 1.82) is 0 Å². The molecule has 0 heterocycles. The Morgan fingerprint density at radius 1 is 1.44 bits per heavy atom. The fourth-order valence-electron chi connectivity index (χ4n) is 2.93. The molecule has 1 aliphatic rings. The second-order valence-corrected chi connectivity index (χ2v) is 5.38. The summed E-state index contributed by atoms with van der Waals surface area (Å²) in [6.45, 7) is 7.65. The number of carboxylic acid groups (broad SMARTS) is 1. The molecule has 3 heteroatoms. The van der Waals surface area contributed by atoms with Crippen LogP contribution in [0.2, 0.25) is 0 Å². The van der Waals surface area contributed by atoms with E-state index in [1.807, 2.05) is 0 Å².